The Balaban J connectivity index is 1.79. The first-order valence-electron chi connectivity index (χ1n) is 6.40. The van der Waals surface area contributed by atoms with Crippen LogP contribution in [0.25, 0.3) is 11.1 Å². The normalized spacial score (nSPS) is 10.2. The van der Waals surface area contributed by atoms with Crippen LogP contribution in [-0.4, -0.2) is 0 Å². The van der Waals surface area contributed by atoms with Gasteiger partial charge in [0.15, 0.2) is 0 Å². The van der Waals surface area contributed by atoms with Crippen molar-refractivity contribution in [3.63, 3.8) is 0 Å². The van der Waals surface area contributed by atoms with Crippen LogP contribution < -0.4 is 4.74 Å². The molecule has 0 aromatic heterocycles. The van der Waals surface area contributed by atoms with Crippen molar-refractivity contribution in [2.24, 2.45) is 0 Å². The van der Waals surface area contributed by atoms with E-state index in [0.29, 0.717) is 0 Å². The molecule has 1 nitrogen and oxygen atoms in total. The van der Waals surface area contributed by atoms with Gasteiger partial charge in [0.1, 0.15) is 17.3 Å². The molecule has 98 valence electrons. The van der Waals surface area contributed by atoms with Crippen molar-refractivity contribution in [2.75, 3.05) is 0 Å². The fraction of sp³-hybridized carbons (Fsp3) is 0. The molecular formula is C18H13FO. The van der Waals surface area contributed by atoms with Gasteiger partial charge in [0.2, 0.25) is 0 Å². The lowest BCUT2D eigenvalue weighted by molar-refractivity contribution is 0.483. The molecule has 0 radical (unpaired) electrons. The van der Waals surface area contributed by atoms with Crippen LogP contribution in [0.1, 0.15) is 0 Å². The van der Waals surface area contributed by atoms with E-state index in [1.807, 2.05) is 54.6 Å². The molecular weight excluding hydrogens is 251 g/mol. The van der Waals surface area contributed by atoms with Gasteiger partial charge in [-0.25, -0.2) is 4.39 Å². The molecule has 0 saturated heterocycles. The molecule has 3 aromatic rings. The Morgan fingerprint density at radius 2 is 1.05 bits per heavy atom. The first-order valence-corrected chi connectivity index (χ1v) is 6.40. The zero-order chi connectivity index (χ0) is 13.8. The lowest BCUT2D eigenvalue weighted by Crippen LogP contribution is -1.84. The van der Waals surface area contributed by atoms with E-state index in [2.05, 4.69) is 0 Å². The van der Waals surface area contributed by atoms with Crippen LogP contribution in [0.5, 0.6) is 11.5 Å². The monoisotopic (exact) mass is 264 g/mol. The van der Waals surface area contributed by atoms with Gasteiger partial charge < -0.3 is 4.74 Å². The molecule has 0 unspecified atom stereocenters. The number of para-hydroxylation sites is 1. The van der Waals surface area contributed by atoms with Crippen molar-refractivity contribution in [2.45, 2.75) is 0 Å². The first kappa shape index (κ1) is 12.4. The SMILES string of the molecule is Fc1ccc(-c2ccc(Oc3ccccc3)cc2)cc1. The topological polar surface area (TPSA) is 9.23 Å². The average molecular weight is 264 g/mol. The summed E-state index contributed by atoms with van der Waals surface area (Å²) in [5.74, 6) is 1.36. The zero-order valence-electron chi connectivity index (χ0n) is 10.8. The molecule has 0 amide bonds. The zero-order valence-corrected chi connectivity index (χ0v) is 10.8. The first-order chi connectivity index (χ1) is 9.81. The predicted octanol–water partition coefficient (Wildman–Crippen LogP) is 5.29. The van der Waals surface area contributed by atoms with E-state index in [0.717, 1.165) is 22.6 Å². The van der Waals surface area contributed by atoms with Crippen LogP contribution in [0.15, 0.2) is 78.9 Å². The quantitative estimate of drug-likeness (QED) is 0.625. The van der Waals surface area contributed by atoms with Crippen LogP contribution in [0, 0.1) is 5.82 Å². The maximum atomic E-state index is 12.9. The van der Waals surface area contributed by atoms with Gasteiger partial charge >= 0.3 is 0 Å². The average Bonchev–Trinajstić information content (AvgIpc) is 2.50. The highest BCUT2D eigenvalue weighted by molar-refractivity contribution is 5.64. The minimum Gasteiger partial charge on any atom is -0.457 e. The molecule has 0 fully saturated rings. The highest BCUT2D eigenvalue weighted by Crippen LogP contribution is 2.25. The highest BCUT2D eigenvalue weighted by atomic mass is 19.1. The summed E-state index contributed by atoms with van der Waals surface area (Å²) in [6.07, 6.45) is 0. The molecule has 3 rings (SSSR count). The molecule has 2 heteroatoms. The van der Waals surface area contributed by atoms with Crippen molar-refractivity contribution in [3.05, 3.63) is 84.7 Å². The molecule has 0 atom stereocenters. The predicted molar refractivity (Wildman–Crippen MR) is 78.4 cm³/mol. The molecule has 0 heterocycles. The Morgan fingerprint density at radius 3 is 1.65 bits per heavy atom. The molecule has 0 aliphatic heterocycles. The lowest BCUT2D eigenvalue weighted by Gasteiger charge is -2.07. The minimum absolute atomic E-state index is 0.224. The summed E-state index contributed by atoms with van der Waals surface area (Å²) in [7, 11) is 0. The third-order valence-corrected chi connectivity index (χ3v) is 3.01. The summed E-state index contributed by atoms with van der Waals surface area (Å²) in [5.41, 5.74) is 2.02. The lowest BCUT2D eigenvalue weighted by atomic mass is 10.1. The molecule has 3 aromatic carbocycles. The van der Waals surface area contributed by atoms with Gasteiger partial charge in [0.25, 0.3) is 0 Å². The number of halogens is 1. The van der Waals surface area contributed by atoms with Crippen LogP contribution in [-0.2, 0) is 0 Å². The van der Waals surface area contributed by atoms with Crippen molar-refractivity contribution < 1.29 is 9.13 Å². The molecule has 0 bridgehead atoms. The second-order valence-corrected chi connectivity index (χ2v) is 4.45. The second-order valence-electron chi connectivity index (χ2n) is 4.45. The molecule has 0 aliphatic rings. The summed E-state index contributed by atoms with van der Waals surface area (Å²) < 4.78 is 18.6. The molecule has 0 spiro atoms. The summed E-state index contributed by atoms with van der Waals surface area (Å²) in [5, 5.41) is 0. The number of ether oxygens (including phenoxy) is 1. The van der Waals surface area contributed by atoms with Crippen molar-refractivity contribution in [1.82, 2.24) is 0 Å². The standard InChI is InChI=1S/C18H13FO/c19-16-10-6-14(7-11-16)15-8-12-18(13-9-15)20-17-4-2-1-3-5-17/h1-13H. The Hall–Kier alpha value is -2.61. The number of benzene rings is 3. The van der Waals surface area contributed by atoms with Crippen LogP contribution in [0.3, 0.4) is 0 Å². The van der Waals surface area contributed by atoms with E-state index in [9.17, 15) is 4.39 Å². The van der Waals surface area contributed by atoms with Crippen molar-refractivity contribution in [1.29, 1.82) is 0 Å². The summed E-state index contributed by atoms with van der Waals surface area (Å²) in [4.78, 5) is 0. The van der Waals surface area contributed by atoms with Gasteiger partial charge in [0.05, 0.1) is 0 Å². The Bertz CT molecular complexity index is 673. The Morgan fingerprint density at radius 1 is 0.550 bits per heavy atom. The van der Waals surface area contributed by atoms with E-state index in [4.69, 9.17) is 4.74 Å². The number of hydrogen-bond acceptors (Lipinski definition) is 1. The second kappa shape index (κ2) is 5.57. The largest absolute Gasteiger partial charge is 0.457 e. The summed E-state index contributed by atoms with van der Waals surface area (Å²) >= 11 is 0. The molecule has 0 aliphatic carbocycles. The number of rotatable bonds is 3. The maximum Gasteiger partial charge on any atom is 0.127 e. The van der Waals surface area contributed by atoms with Crippen LogP contribution >= 0.6 is 0 Å². The third-order valence-electron chi connectivity index (χ3n) is 3.01. The summed E-state index contributed by atoms with van der Waals surface area (Å²) in [6.45, 7) is 0. The minimum atomic E-state index is -0.224. The van der Waals surface area contributed by atoms with E-state index in [1.165, 1.54) is 12.1 Å². The number of hydrogen-bond donors (Lipinski definition) is 0. The van der Waals surface area contributed by atoms with Crippen LogP contribution in [0.2, 0.25) is 0 Å². The summed E-state index contributed by atoms with van der Waals surface area (Å²) in [6, 6.07) is 23.8. The van der Waals surface area contributed by atoms with E-state index in [-0.39, 0.29) is 5.82 Å². The van der Waals surface area contributed by atoms with Gasteiger partial charge in [-0.2, -0.15) is 0 Å². The van der Waals surface area contributed by atoms with Gasteiger partial charge in [-0.15, -0.1) is 0 Å². The smallest absolute Gasteiger partial charge is 0.127 e. The molecule has 0 N–H and O–H groups in total. The van der Waals surface area contributed by atoms with Crippen molar-refractivity contribution >= 4 is 0 Å². The van der Waals surface area contributed by atoms with Gasteiger partial charge in [0, 0.05) is 0 Å². The van der Waals surface area contributed by atoms with Gasteiger partial charge in [-0.05, 0) is 47.5 Å². The van der Waals surface area contributed by atoms with Crippen molar-refractivity contribution in [3.8, 4) is 22.6 Å². The van der Waals surface area contributed by atoms with Gasteiger partial charge in [-0.3, -0.25) is 0 Å². The van der Waals surface area contributed by atoms with E-state index in [1.54, 1.807) is 12.1 Å². The molecule has 0 saturated carbocycles. The Labute approximate surface area is 117 Å². The van der Waals surface area contributed by atoms with E-state index >= 15 is 0 Å². The maximum absolute atomic E-state index is 12.9. The van der Waals surface area contributed by atoms with Crippen LogP contribution in [0.4, 0.5) is 4.39 Å². The third kappa shape index (κ3) is 2.86. The van der Waals surface area contributed by atoms with Gasteiger partial charge in [-0.1, -0.05) is 42.5 Å². The van der Waals surface area contributed by atoms with E-state index < -0.39 is 0 Å². The fourth-order valence-electron chi connectivity index (χ4n) is 1.98. The highest BCUT2D eigenvalue weighted by Gasteiger charge is 2.00. The Kier molecular flexibility index (Phi) is 3.46. The molecule has 20 heavy (non-hydrogen) atoms. The fourth-order valence-corrected chi connectivity index (χ4v) is 1.98.